The third-order valence-electron chi connectivity index (χ3n) is 1.70. The van der Waals surface area contributed by atoms with Crippen LogP contribution in [0.2, 0.25) is 0 Å². The number of rotatable bonds is 2. The van der Waals surface area contributed by atoms with Gasteiger partial charge < -0.3 is 0 Å². The number of nitrogens with zero attached hydrogens (tertiary/aromatic N) is 3. The van der Waals surface area contributed by atoms with E-state index in [2.05, 4.69) is 10.1 Å². The molecule has 0 aliphatic heterocycles. The van der Waals surface area contributed by atoms with E-state index in [4.69, 9.17) is 11.6 Å². The molecule has 0 bridgehead atoms. The molecule has 2 rings (SSSR count). The van der Waals surface area contributed by atoms with Crippen LogP contribution < -0.4 is 0 Å². The molecule has 0 saturated carbocycles. The summed E-state index contributed by atoms with van der Waals surface area (Å²) in [4.78, 5) is 4.17. The Balaban J connectivity index is 2.41. The standard InChI is InChI=1S/C9H8ClN3/c10-7-8-2-4-11-9(6-8)13-5-1-3-12-13/h1-6H,7H2. The van der Waals surface area contributed by atoms with E-state index in [1.165, 1.54) is 0 Å². The minimum Gasteiger partial charge on any atom is -0.237 e. The summed E-state index contributed by atoms with van der Waals surface area (Å²) in [5.41, 5.74) is 1.04. The molecule has 0 spiro atoms. The van der Waals surface area contributed by atoms with Crippen molar-refractivity contribution >= 4 is 11.6 Å². The number of aromatic nitrogens is 3. The van der Waals surface area contributed by atoms with Crippen molar-refractivity contribution in [2.45, 2.75) is 5.88 Å². The molecule has 0 aliphatic rings. The average molecular weight is 194 g/mol. The SMILES string of the molecule is ClCc1ccnc(-n2cccn2)c1. The van der Waals surface area contributed by atoms with Crippen molar-refractivity contribution < 1.29 is 0 Å². The van der Waals surface area contributed by atoms with Crippen molar-refractivity contribution in [2.24, 2.45) is 0 Å². The van der Waals surface area contributed by atoms with Crippen LogP contribution in [0.4, 0.5) is 0 Å². The second kappa shape index (κ2) is 3.58. The molecule has 0 saturated heterocycles. The molecule has 2 heterocycles. The van der Waals surface area contributed by atoms with E-state index >= 15 is 0 Å². The molecule has 0 aromatic carbocycles. The smallest absolute Gasteiger partial charge is 0.153 e. The first-order chi connectivity index (χ1) is 6.40. The van der Waals surface area contributed by atoms with Crippen molar-refractivity contribution in [3.63, 3.8) is 0 Å². The van der Waals surface area contributed by atoms with E-state index in [1.54, 1.807) is 17.1 Å². The van der Waals surface area contributed by atoms with Crippen LogP contribution in [0.15, 0.2) is 36.8 Å². The lowest BCUT2D eigenvalue weighted by atomic mass is 10.3. The molecule has 0 atom stereocenters. The normalized spacial score (nSPS) is 10.2. The van der Waals surface area contributed by atoms with E-state index in [1.807, 2.05) is 24.4 Å². The van der Waals surface area contributed by atoms with Crippen molar-refractivity contribution in [1.29, 1.82) is 0 Å². The molecular weight excluding hydrogens is 186 g/mol. The van der Waals surface area contributed by atoms with Crippen LogP contribution >= 0.6 is 11.6 Å². The van der Waals surface area contributed by atoms with Crippen LogP contribution in [-0.4, -0.2) is 14.8 Å². The Morgan fingerprint density at radius 3 is 3.00 bits per heavy atom. The number of halogens is 1. The van der Waals surface area contributed by atoms with Gasteiger partial charge >= 0.3 is 0 Å². The quantitative estimate of drug-likeness (QED) is 0.684. The molecule has 0 aliphatic carbocycles. The average Bonchev–Trinajstić information content (AvgIpc) is 2.71. The summed E-state index contributed by atoms with van der Waals surface area (Å²) in [7, 11) is 0. The van der Waals surface area contributed by atoms with E-state index in [0.29, 0.717) is 5.88 Å². The van der Waals surface area contributed by atoms with Gasteiger partial charge in [-0.1, -0.05) is 0 Å². The molecule has 3 nitrogen and oxygen atoms in total. The van der Waals surface area contributed by atoms with Crippen molar-refractivity contribution in [1.82, 2.24) is 14.8 Å². The Hall–Kier alpha value is -1.35. The van der Waals surface area contributed by atoms with Gasteiger partial charge in [-0.15, -0.1) is 11.6 Å². The van der Waals surface area contributed by atoms with Crippen molar-refractivity contribution in [3.05, 3.63) is 42.4 Å². The van der Waals surface area contributed by atoms with Gasteiger partial charge in [0.15, 0.2) is 5.82 Å². The number of hydrogen-bond donors (Lipinski definition) is 0. The molecule has 0 fully saturated rings. The Bertz CT molecular complexity index is 384. The minimum atomic E-state index is 0.497. The van der Waals surface area contributed by atoms with E-state index in [0.717, 1.165) is 11.4 Å². The summed E-state index contributed by atoms with van der Waals surface area (Å²) in [5.74, 6) is 1.29. The summed E-state index contributed by atoms with van der Waals surface area (Å²) in [6, 6.07) is 5.66. The zero-order valence-corrected chi connectivity index (χ0v) is 7.65. The maximum atomic E-state index is 5.70. The van der Waals surface area contributed by atoms with Gasteiger partial charge in [-0.3, -0.25) is 0 Å². The highest BCUT2D eigenvalue weighted by molar-refractivity contribution is 6.17. The van der Waals surface area contributed by atoms with Crippen LogP contribution in [0, 0.1) is 0 Å². The lowest BCUT2D eigenvalue weighted by molar-refractivity contribution is 0.844. The van der Waals surface area contributed by atoms with Gasteiger partial charge in [-0.25, -0.2) is 9.67 Å². The fourth-order valence-corrected chi connectivity index (χ4v) is 1.24. The van der Waals surface area contributed by atoms with E-state index in [-0.39, 0.29) is 0 Å². The number of hydrogen-bond acceptors (Lipinski definition) is 2. The van der Waals surface area contributed by atoms with Crippen LogP contribution in [-0.2, 0) is 5.88 Å². The Labute approximate surface area is 81.0 Å². The lowest BCUT2D eigenvalue weighted by Gasteiger charge is -2.00. The van der Waals surface area contributed by atoms with Gasteiger partial charge in [0.1, 0.15) is 0 Å². The van der Waals surface area contributed by atoms with Gasteiger partial charge in [0.25, 0.3) is 0 Å². The molecule has 2 aromatic heterocycles. The first-order valence-electron chi connectivity index (χ1n) is 3.91. The highest BCUT2D eigenvalue weighted by Crippen LogP contribution is 2.07. The van der Waals surface area contributed by atoms with Crippen LogP contribution in [0.5, 0.6) is 0 Å². The molecule has 13 heavy (non-hydrogen) atoms. The molecule has 66 valence electrons. The van der Waals surface area contributed by atoms with Crippen molar-refractivity contribution in [2.75, 3.05) is 0 Å². The zero-order chi connectivity index (χ0) is 9.10. The predicted octanol–water partition coefficient (Wildman–Crippen LogP) is 2.01. The molecule has 0 radical (unpaired) electrons. The van der Waals surface area contributed by atoms with Gasteiger partial charge in [0.2, 0.25) is 0 Å². The highest BCUT2D eigenvalue weighted by Gasteiger charge is 1.97. The second-order valence-corrected chi connectivity index (χ2v) is 2.87. The second-order valence-electron chi connectivity index (χ2n) is 2.61. The topological polar surface area (TPSA) is 30.7 Å². The monoisotopic (exact) mass is 193 g/mol. The number of alkyl halides is 1. The third kappa shape index (κ3) is 1.70. The Kier molecular flexibility index (Phi) is 2.27. The maximum absolute atomic E-state index is 5.70. The molecule has 0 amide bonds. The summed E-state index contributed by atoms with van der Waals surface area (Å²) in [6.45, 7) is 0. The van der Waals surface area contributed by atoms with Gasteiger partial charge in [-0.2, -0.15) is 5.10 Å². The van der Waals surface area contributed by atoms with Crippen LogP contribution in [0.1, 0.15) is 5.56 Å². The summed E-state index contributed by atoms with van der Waals surface area (Å²) in [6.07, 6.45) is 5.30. The maximum Gasteiger partial charge on any atom is 0.153 e. The van der Waals surface area contributed by atoms with Gasteiger partial charge in [0.05, 0.1) is 0 Å². The van der Waals surface area contributed by atoms with E-state index < -0.39 is 0 Å². The fraction of sp³-hybridized carbons (Fsp3) is 0.111. The summed E-state index contributed by atoms with van der Waals surface area (Å²) < 4.78 is 1.70. The fourth-order valence-electron chi connectivity index (χ4n) is 1.07. The Morgan fingerprint density at radius 1 is 1.38 bits per heavy atom. The summed E-state index contributed by atoms with van der Waals surface area (Å²) >= 11 is 5.70. The minimum absolute atomic E-state index is 0.497. The lowest BCUT2D eigenvalue weighted by Crippen LogP contribution is -1.97. The number of pyridine rings is 1. The zero-order valence-electron chi connectivity index (χ0n) is 6.89. The first kappa shape index (κ1) is 8.26. The molecule has 0 unspecified atom stereocenters. The third-order valence-corrected chi connectivity index (χ3v) is 2.01. The Morgan fingerprint density at radius 2 is 2.31 bits per heavy atom. The highest BCUT2D eigenvalue weighted by atomic mass is 35.5. The van der Waals surface area contributed by atoms with Crippen molar-refractivity contribution in [3.8, 4) is 5.82 Å². The summed E-state index contributed by atoms with van der Waals surface area (Å²) in [5, 5.41) is 4.07. The molecule has 4 heteroatoms. The van der Waals surface area contributed by atoms with E-state index in [9.17, 15) is 0 Å². The van der Waals surface area contributed by atoms with Gasteiger partial charge in [-0.05, 0) is 23.8 Å². The van der Waals surface area contributed by atoms with Crippen LogP contribution in [0.25, 0.3) is 5.82 Å². The first-order valence-corrected chi connectivity index (χ1v) is 4.44. The molecule has 2 aromatic rings. The molecular formula is C9H8ClN3. The van der Waals surface area contributed by atoms with Crippen LogP contribution in [0.3, 0.4) is 0 Å². The predicted molar refractivity (Wildman–Crippen MR) is 50.9 cm³/mol. The van der Waals surface area contributed by atoms with Gasteiger partial charge in [0, 0.05) is 24.5 Å². The molecule has 0 N–H and O–H groups in total. The largest absolute Gasteiger partial charge is 0.237 e.